The number of rotatable bonds is 8. The fraction of sp³-hybridized carbons (Fsp3) is 0.353. The third kappa shape index (κ3) is 4.97. The zero-order chi connectivity index (χ0) is 18.4. The average molecular weight is 445 g/mol. The number of hydrogen-bond acceptors (Lipinski definition) is 5. The Labute approximate surface area is 162 Å². The van der Waals surface area contributed by atoms with Crippen LogP contribution < -0.4 is 4.74 Å². The molecule has 0 aliphatic heterocycles. The van der Waals surface area contributed by atoms with Gasteiger partial charge in [0, 0.05) is 35.1 Å². The van der Waals surface area contributed by atoms with Crippen LogP contribution in [0, 0.1) is 0 Å². The van der Waals surface area contributed by atoms with Gasteiger partial charge in [-0.15, -0.1) is 11.8 Å². The number of benzene rings is 1. The largest absolute Gasteiger partial charge is 0.496 e. The lowest BCUT2D eigenvalue weighted by Gasteiger charge is -2.18. The molecule has 0 spiro atoms. The first kappa shape index (κ1) is 20.2. The molecule has 0 atom stereocenters. The second kappa shape index (κ2) is 9.02. The van der Waals surface area contributed by atoms with E-state index in [0.717, 1.165) is 20.8 Å². The van der Waals surface area contributed by atoms with Gasteiger partial charge in [-0.25, -0.2) is 13.4 Å². The lowest BCUT2D eigenvalue weighted by molar-refractivity contribution is 0.411. The molecule has 25 heavy (non-hydrogen) atoms. The molecule has 0 radical (unpaired) electrons. The number of aromatic nitrogens is 1. The van der Waals surface area contributed by atoms with Crippen LogP contribution in [0.5, 0.6) is 5.75 Å². The van der Waals surface area contributed by atoms with Crippen molar-refractivity contribution in [1.82, 2.24) is 9.29 Å². The first-order valence-corrected chi connectivity index (χ1v) is 11.1. The topological polar surface area (TPSA) is 59.5 Å². The van der Waals surface area contributed by atoms with Gasteiger partial charge < -0.3 is 4.74 Å². The summed E-state index contributed by atoms with van der Waals surface area (Å²) in [5.74, 6) is 1.49. The minimum Gasteiger partial charge on any atom is -0.496 e. The minimum atomic E-state index is -3.47. The zero-order valence-corrected chi connectivity index (χ0v) is 17.6. The maximum absolute atomic E-state index is 12.5. The first-order chi connectivity index (χ1) is 11.9. The maximum atomic E-state index is 12.5. The third-order valence-corrected chi connectivity index (χ3v) is 7.19. The molecule has 0 bridgehead atoms. The van der Waals surface area contributed by atoms with Gasteiger partial charge in [-0.2, -0.15) is 4.31 Å². The Morgan fingerprint density at radius 3 is 2.48 bits per heavy atom. The van der Waals surface area contributed by atoms with Gasteiger partial charge in [0.2, 0.25) is 10.0 Å². The maximum Gasteiger partial charge on any atom is 0.244 e. The van der Waals surface area contributed by atoms with Crippen molar-refractivity contribution in [2.75, 3.05) is 20.2 Å². The Morgan fingerprint density at radius 2 is 1.92 bits per heavy atom. The smallest absolute Gasteiger partial charge is 0.244 e. The van der Waals surface area contributed by atoms with Gasteiger partial charge in [-0.3, -0.25) is 0 Å². The highest BCUT2D eigenvalue weighted by molar-refractivity contribution is 9.10. The Kier molecular flexibility index (Phi) is 7.30. The Balaban J connectivity index is 2.12. The quantitative estimate of drug-likeness (QED) is 0.571. The summed E-state index contributed by atoms with van der Waals surface area (Å²) in [6, 6.07) is 9.20. The molecule has 5 nitrogen and oxygen atoms in total. The number of nitrogens with zero attached hydrogens (tertiary/aromatic N) is 2. The van der Waals surface area contributed by atoms with Gasteiger partial charge in [0.05, 0.1) is 12.1 Å². The van der Waals surface area contributed by atoms with Crippen LogP contribution in [0.15, 0.2) is 50.9 Å². The molecule has 2 rings (SSSR count). The predicted octanol–water partition coefficient (Wildman–Crippen LogP) is 4.18. The van der Waals surface area contributed by atoms with Crippen LogP contribution in [0.4, 0.5) is 0 Å². The van der Waals surface area contributed by atoms with E-state index in [4.69, 9.17) is 4.74 Å². The molecule has 0 aliphatic rings. The third-order valence-electron chi connectivity index (χ3n) is 3.67. The molecule has 0 saturated carbocycles. The highest BCUT2D eigenvalue weighted by atomic mass is 79.9. The summed E-state index contributed by atoms with van der Waals surface area (Å²) in [4.78, 5) is 4.52. The van der Waals surface area contributed by atoms with Crippen LogP contribution in [-0.4, -0.2) is 37.9 Å². The van der Waals surface area contributed by atoms with Crippen molar-refractivity contribution in [3.05, 3.63) is 46.6 Å². The zero-order valence-electron chi connectivity index (χ0n) is 14.4. The highest BCUT2D eigenvalue weighted by Gasteiger charge is 2.21. The van der Waals surface area contributed by atoms with Gasteiger partial charge in [0.25, 0.3) is 0 Å². The summed E-state index contributed by atoms with van der Waals surface area (Å²) in [6.07, 6.45) is 1.42. The van der Waals surface area contributed by atoms with E-state index in [2.05, 4.69) is 20.9 Å². The second-order valence-corrected chi connectivity index (χ2v) is 9.02. The highest BCUT2D eigenvalue weighted by Crippen LogP contribution is 2.29. The number of pyridine rings is 1. The monoisotopic (exact) mass is 444 g/mol. The summed E-state index contributed by atoms with van der Waals surface area (Å²) in [5, 5.41) is 0.764. The second-order valence-electron chi connectivity index (χ2n) is 5.17. The van der Waals surface area contributed by atoms with Crippen LogP contribution in [0.3, 0.4) is 0 Å². The predicted molar refractivity (Wildman–Crippen MR) is 105 cm³/mol. The first-order valence-electron chi connectivity index (χ1n) is 7.83. The fourth-order valence-corrected chi connectivity index (χ4v) is 4.96. The summed E-state index contributed by atoms with van der Waals surface area (Å²) in [7, 11) is -1.82. The van der Waals surface area contributed by atoms with Gasteiger partial charge in [0.1, 0.15) is 10.6 Å². The standard InChI is InChI=1S/C17H21BrN2O3S2/c1-4-20(5-2)25(21,22)15-7-9-17(19-11-15)24-12-13-10-14(18)6-8-16(13)23-3/h6-11H,4-5,12H2,1-3H3. The molecule has 1 aromatic carbocycles. The fourth-order valence-electron chi connectivity index (χ4n) is 2.33. The van der Waals surface area contributed by atoms with Crippen molar-refractivity contribution >= 4 is 37.7 Å². The van der Waals surface area contributed by atoms with Crippen molar-refractivity contribution < 1.29 is 13.2 Å². The lowest BCUT2D eigenvalue weighted by atomic mass is 10.2. The van der Waals surface area contributed by atoms with Gasteiger partial charge in [-0.1, -0.05) is 29.8 Å². The summed E-state index contributed by atoms with van der Waals surface area (Å²) < 4.78 is 32.7. The van der Waals surface area contributed by atoms with Crippen LogP contribution >= 0.6 is 27.7 Å². The molecule has 2 aromatic rings. The molecule has 0 amide bonds. The van der Waals surface area contributed by atoms with Crippen molar-refractivity contribution in [3.63, 3.8) is 0 Å². The Morgan fingerprint density at radius 1 is 1.20 bits per heavy atom. The van der Waals surface area contributed by atoms with E-state index in [0.29, 0.717) is 18.8 Å². The molecule has 0 N–H and O–H groups in total. The van der Waals surface area contributed by atoms with E-state index in [1.807, 2.05) is 32.0 Å². The molecule has 136 valence electrons. The van der Waals surface area contributed by atoms with Crippen molar-refractivity contribution in [2.24, 2.45) is 0 Å². The number of halogens is 1. The Hall–Kier alpha value is -1.09. The summed E-state index contributed by atoms with van der Waals surface area (Å²) >= 11 is 4.99. The van der Waals surface area contributed by atoms with Crippen molar-refractivity contribution in [3.8, 4) is 5.75 Å². The number of ether oxygens (including phenoxy) is 1. The number of methoxy groups -OCH3 is 1. The number of hydrogen-bond donors (Lipinski definition) is 0. The molecule has 0 unspecified atom stereocenters. The van der Waals surface area contributed by atoms with Crippen LogP contribution in [0.2, 0.25) is 0 Å². The molecule has 8 heteroatoms. The summed E-state index contributed by atoms with van der Waals surface area (Å²) in [5.41, 5.74) is 1.04. The molecular weight excluding hydrogens is 424 g/mol. The van der Waals surface area contributed by atoms with E-state index in [1.54, 1.807) is 19.2 Å². The number of sulfonamides is 1. The minimum absolute atomic E-state index is 0.223. The van der Waals surface area contributed by atoms with E-state index in [9.17, 15) is 8.42 Å². The van der Waals surface area contributed by atoms with Gasteiger partial charge in [0.15, 0.2) is 0 Å². The summed E-state index contributed by atoms with van der Waals surface area (Å²) in [6.45, 7) is 4.53. The van der Waals surface area contributed by atoms with Crippen LogP contribution in [0.25, 0.3) is 0 Å². The van der Waals surface area contributed by atoms with Crippen LogP contribution in [-0.2, 0) is 15.8 Å². The molecular formula is C17H21BrN2O3S2. The molecule has 0 aliphatic carbocycles. The van der Waals surface area contributed by atoms with Gasteiger partial charge >= 0.3 is 0 Å². The SMILES string of the molecule is CCN(CC)S(=O)(=O)c1ccc(SCc2cc(Br)ccc2OC)nc1. The van der Waals surface area contributed by atoms with Crippen LogP contribution in [0.1, 0.15) is 19.4 Å². The molecule has 0 fully saturated rings. The molecule has 0 saturated heterocycles. The average Bonchev–Trinajstić information content (AvgIpc) is 2.61. The number of thioether (sulfide) groups is 1. The van der Waals surface area contributed by atoms with E-state index >= 15 is 0 Å². The Bertz CT molecular complexity index is 807. The van der Waals surface area contributed by atoms with E-state index in [-0.39, 0.29) is 4.90 Å². The van der Waals surface area contributed by atoms with Crippen molar-refractivity contribution in [2.45, 2.75) is 29.5 Å². The van der Waals surface area contributed by atoms with E-state index < -0.39 is 10.0 Å². The van der Waals surface area contributed by atoms with Gasteiger partial charge in [-0.05, 0) is 30.3 Å². The van der Waals surface area contributed by atoms with E-state index in [1.165, 1.54) is 22.3 Å². The lowest BCUT2D eigenvalue weighted by Crippen LogP contribution is -2.30. The molecule has 1 aromatic heterocycles. The van der Waals surface area contributed by atoms with Crippen molar-refractivity contribution in [1.29, 1.82) is 0 Å². The normalized spacial score (nSPS) is 11.7. The molecule has 1 heterocycles.